The standard InChI is InChI=1S/C11H20N2O2/c1-6-8-9(14)12-7(2)10(15)13(8)11(3,4)5/h7-8H,6H2,1-5H3,(H,12,14). The number of nitrogens with zero attached hydrogens (tertiary/aromatic N) is 1. The van der Waals surface area contributed by atoms with E-state index in [0.717, 1.165) is 0 Å². The molecule has 1 aliphatic rings. The molecule has 0 radical (unpaired) electrons. The molecule has 1 aliphatic heterocycles. The van der Waals surface area contributed by atoms with Crippen LogP contribution in [0.2, 0.25) is 0 Å². The quantitative estimate of drug-likeness (QED) is 0.702. The van der Waals surface area contributed by atoms with E-state index in [9.17, 15) is 9.59 Å². The molecule has 4 heteroatoms. The van der Waals surface area contributed by atoms with Crippen LogP contribution in [0.5, 0.6) is 0 Å². The minimum Gasteiger partial charge on any atom is -0.343 e. The Morgan fingerprint density at radius 1 is 1.33 bits per heavy atom. The minimum atomic E-state index is -0.403. The molecule has 2 amide bonds. The highest BCUT2D eigenvalue weighted by molar-refractivity contribution is 5.97. The second-order valence-electron chi connectivity index (χ2n) is 5.03. The van der Waals surface area contributed by atoms with Crippen molar-refractivity contribution in [1.29, 1.82) is 0 Å². The van der Waals surface area contributed by atoms with Crippen LogP contribution in [0.1, 0.15) is 41.0 Å². The van der Waals surface area contributed by atoms with Crippen LogP contribution in [-0.2, 0) is 9.59 Å². The molecule has 86 valence electrons. The third-order valence-electron chi connectivity index (χ3n) is 2.69. The van der Waals surface area contributed by atoms with Gasteiger partial charge in [-0.3, -0.25) is 9.59 Å². The van der Waals surface area contributed by atoms with E-state index >= 15 is 0 Å². The van der Waals surface area contributed by atoms with Crippen molar-refractivity contribution >= 4 is 11.8 Å². The molecule has 0 aromatic heterocycles. The van der Waals surface area contributed by atoms with Crippen molar-refractivity contribution in [2.24, 2.45) is 0 Å². The summed E-state index contributed by atoms with van der Waals surface area (Å²) in [6, 6.07) is -0.728. The van der Waals surface area contributed by atoms with Gasteiger partial charge in [-0.25, -0.2) is 0 Å². The fourth-order valence-electron chi connectivity index (χ4n) is 2.02. The lowest BCUT2D eigenvalue weighted by Gasteiger charge is -2.45. The monoisotopic (exact) mass is 212 g/mol. The highest BCUT2D eigenvalue weighted by Crippen LogP contribution is 2.23. The normalized spacial score (nSPS) is 27.9. The van der Waals surface area contributed by atoms with Gasteiger partial charge in [0.1, 0.15) is 12.1 Å². The van der Waals surface area contributed by atoms with Gasteiger partial charge in [0, 0.05) is 5.54 Å². The zero-order valence-corrected chi connectivity index (χ0v) is 10.1. The van der Waals surface area contributed by atoms with Crippen LogP contribution in [0.4, 0.5) is 0 Å². The lowest BCUT2D eigenvalue weighted by atomic mass is 9.96. The maximum Gasteiger partial charge on any atom is 0.245 e. The Morgan fingerprint density at radius 3 is 2.27 bits per heavy atom. The van der Waals surface area contributed by atoms with E-state index in [4.69, 9.17) is 0 Å². The summed E-state index contributed by atoms with van der Waals surface area (Å²) < 4.78 is 0. The van der Waals surface area contributed by atoms with Crippen molar-refractivity contribution in [2.45, 2.75) is 58.7 Å². The molecule has 1 N–H and O–H groups in total. The molecule has 0 spiro atoms. The lowest BCUT2D eigenvalue weighted by Crippen LogP contribution is -2.66. The van der Waals surface area contributed by atoms with Gasteiger partial charge in [0.05, 0.1) is 0 Å². The zero-order valence-electron chi connectivity index (χ0n) is 10.1. The largest absolute Gasteiger partial charge is 0.343 e. The van der Waals surface area contributed by atoms with E-state index < -0.39 is 6.04 Å². The first kappa shape index (κ1) is 12.0. The number of carbonyl (C=O) groups excluding carboxylic acids is 2. The van der Waals surface area contributed by atoms with Crippen molar-refractivity contribution in [3.63, 3.8) is 0 Å². The summed E-state index contributed by atoms with van der Waals surface area (Å²) in [5.41, 5.74) is -0.302. The second-order valence-corrected chi connectivity index (χ2v) is 5.03. The summed E-state index contributed by atoms with van der Waals surface area (Å²) >= 11 is 0. The average Bonchev–Trinajstić information content (AvgIpc) is 2.08. The van der Waals surface area contributed by atoms with Crippen LogP contribution in [0.15, 0.2) is 0 Å². The molecular formula is C11H20N2O2. The first-order valence-corrected chi connectivity index (χ1v) is 5.42. The van der Waals surface area contributed by atoms with Crippen LogP contribution < -0.4 is 5.32 Å². The maximum absolute atomic E-state index is 12.0. The summed E-state index contributed by atoms with van der Waals surface area (Å²) in [6.45, 7) is 9.52. The van der Waals surface area contributed by atoms with Crippen LogP contribution in [-0.4, -0.2) is 34.3 Å². The van der Waals surface area contributed by atoms with Crippen molar-refractivity contribution in [3.8, 4) is 0 Å². The van der Waals surface area contributed by atoms with Crippen LogP contribution >= 0.6 is 0 Å². The number of rotatable bonds is 1. The molecule has 0 bridgehead atoms. The third-order valence-corrected chi connectivity index (χ3v) is 2.69. The molecule has 2 atom stereocenters. The fourth-order valence-corrected chi connectivity index (χ4v) is 2.02. The molecular weight excluding hydrogens is 192 g/mol. The number of nitrogens with one attached hydrogen (secondary N) is 1. The predicted molar refractivity (Wildman–Crippen MR) is 58.3 cm³/mol. The van der Waals surface area contributed by atoms with Crippen LogP contribution in [0, 0.1) is 0 Å². The number of carbonyl (C=O) groups is 2. The highest BCUT2D eigenvalue weighted by atomic mass is 16.2. The van der Waals surface area contributed by atoms with E-state index in [1.165, 1.54) is 0 Å². The summed E-state index contributed by atoms with van der Waals surface area (Å²) in [5.74, 6) is -0.0338. The molecule has 0 saturated carbocycles. The Kier molecular flexibility index (Phi) is 3.07. The Hall–Kier alpha value is -1.06. The van der Waals surface area contributed by atoms with Crippen LogP contribution in [0.3, 0.4) is 0 Å². The Morgan fingerprint density at radius 2 is 1.87 bits per heavy atom. The second kappa shape index (κ2) is 3.83. The average molecular weight is 212 g/mol. The van der Waals surface area contributed by atoms with E-state index in [-0.39, 0.29) is 23.4 Å². The summed E-state index contributed by atoms with van der Waals surface area (Å²) in [4.78, 5) is 25.4. The van der Waals surface area contributed by atoms with E-state index in [0.29, 0.717) is 6.42 Å². The molecule has 1 saturated heterocycles. The lowest BCUT2D eigenvalue weighted by molar-refractivity contribution is -0.154. The van der Waals surface area contributed by atoms with Crippen molar-refractivity contribution in [3.05, 3.63) is 0 Å². The molecule has 15 heavy (non-hydrogen) atoms. The Balaban J connectivity index is 3.05. The molecule has 0 aliphatic carbocycles. The maximum atomic E-state index is 12.0. The Bertz CT molecular complexity index is 281. The van der Waals surface area contributed by atoms with Gasteiger partial charge in [0.15, 0.2) is 0 Å². The molecule has 1 heterocycles. The topological polar surface area (TPSA) is 49.4 Å². The van der Waals surface area contributed by atoms with Gasteiger partial charge in [0.25, 0.3) is 0 Å². The zero-order chi connectivity index (χ0) is 11.8. The van der Waals surface area contributed by atoms with E-state index in [2.05, 4.69) is 5.32 Å². The molecule has 1 fully saturated rings. The van der Waals surface area contributed by atoms with E-state index in [1.807, 2.05) is 27.7 Å². The summed E-state index contributed by atoms with van der Waals surface area (Å²) in [6.07, 6.45) is 0.654. The molecule has 4 nitrogen and oxygen atoms in total. The van der Waals surface area contributed by atoms with E-state index in [1.54, 1.807) is 11.8 Å². The van der Waals surface area contributed by atoms with Gasteiger partial charge >= 0.3 is 0 Å². The molecule has 1 rings (SSSR count). The smallest absolute Gasteiger partial charge is 0.245 e. The van der Waals surface area contributed by atoms with Gasteiger partial charge in [0.2, 0.25) is 11.8 Å². The SMILES string of the molecule is CCC1C(=O)NC(C)C(=O)N1C(C)(C)C. The predicted octanol–water partition coefficient (Wildman–Crippen LogP) is 0.910. The molecule has 2 unspecified atom stereocenters. The van der Waals surface area contributed by atoms with Gasteiger partial charge in [-0.1, -0.05) is 6.92 Å². The Labute approximate surface area is 91.0 Å². The van der Waals surface area contributed by atoms with Gasteiger partial charge < -0.3 is 10.2 Å². The molecule has 0 aromatic carbocycles. The fraction of sp³-hybridized carbons (Fsp3) is 0.818. The van der Waals surface area contributed by atoms with Gasteiger partial charge in [-0.05, 0) is 34.1 Å². The third kappa shape index (κ3) is 2.13. The molecule has 0 aromatic rings. The highest BCUT2D eigenvalue weighted by Gasteiger charge is 2.42. The van der Waals surface area contributed by atoms with Crippen LogP contribution in [0.25, 0.3) is 0 Å². The first-order chi connectivity index (χ1) is 6.79. The number of piperazine rings is 1. The van der Waals surface area contributed by atoms with Crippen molar-refractivity contribution in [2.75, 3.05) is 0 Å². The minimum absolute atomic E-state index is 0.00829. The number of hydrogen-bond donors (Lipinski definition) is 1. The number of amides is 2. The summed E-state index contributed by atoms with van der Waals surface area (Å²) in [7, 11) is 0. The summed E-state index contributed by atoms with van der Waals surface area (Å²) in [5, 5.41) is 2.70. The van der Waals surface area contributed by atoms with Crippen molar-refractivity contribution < 1.29 is 9.59 Å². The van der Waals surface area contributed by atoms with Gasteiger partial charge in [-0.15, -0.1) is 0 Å². The van der Waals surface area contributed by atoms with Gasteiger partial charge in [-0.2, -0.15) is 0 Å². The first-order valence-electron chi connectivity index (χ1n) is 5.42. The number of hydrogen-bond acceptors (Lipinski definition) is 2. The van der Waals surface area contributed by atoms with Crippen molar-refractivity contribution in [1.82, 2.24) is 10.2 Å².